The van der Waals surface area contributed by atoms with Gasteiger partial charge in [0.1, 0.15) is 0 Å². The largest absolute Gasteiger partial charge is 0.310 e. The molecule has 0 N–H and O–H groups in total. The van der Waals surface area contributed by atoms with Crippen molar-refractivity contribution in [3.63, 3.8) is 0 Å². The molecule has 1 aliphatic heterocycles. The number of fused-ring (bicyclic) bond motifs is 12. The summed E-state index contributed by atoms with van der Waals surface area (Å²) in [5.74, 6) is 0. The minimum absolute atomic E-state index is 0.503. The van der Waals surface area contributed by atoms with Crippen LogP contribution in [0.15, 0.2) is 198 Å². The third-order valence-electron chi connectivity index (χ3n) is 11.7. The molecule has 0 fully saturated rings. The smallest absolute Gasteiger partial charge is 0.0736 e. The maximum Gasteiger partial charge on any atom is 0.0736 e. The van der Waals surface area contributed by atoms with E-state index in [0.29, 0.717) is 0 Å². The molecule has 0 radical (unpaired) electrons. The molecular weight excluding hydrogens is 691 g/mol. The third-order valence-corrected chi connectivity index (χ3v) is 13.9. The van der Waals surface area contributed by atoms with E-state index in [4.69, 9.17) is 0 Å². The highest BCUT2D eigenvalue weighted by Gasteiger charge is 2.48. The van der Waals surface area contributed by atoms with Crippen molar-refractivity contribution < 1.29 is 0 Å². The van der Waals surface area contributed by atoms with Gasteiger partial charge in [0.25, 0.3) is 0 Å². The van der Waals surface area contributed by atoms with E-state index in [9.17, 15) is 0 Å². The molecule has 54 heavy (non-hydrogen) atoms. The number of hydrogen-bond donors (Lipinski definition) is 0. The zero-order chi connectivity index (χ0) is 35.4. The molecule has 12 rings (SSSR count). The molecule has 10 aromatic rings. The van der Waals surface area contributed by atoms with Gasteiger partial charge in [-0.2, -0.15) is 0 Å². The van der Waals surface area contributed by atoms with E-state index in [0.717, 1.165) is 17.1 Å². The Hall–Kier alpha value is -6.13. The van der Waals surface area contributed by atoms with Crippen LogP contribution in [0.4, 0.5) is 17.1 Å². The molecule has 0 amide bonds. The molecule has 1 aliphatic carbocycles. The molecule has 2 aliphatic rings. The van der Waals surface area contributed by atoms with Gasteiger partial charge in [-0.3, -0.25) is 0 Å². The Morgan fingerprint density at radius 3 is 1.89 bits per heavy atom. The summed E-state index contributed by atoms with van der Waals surface area (Å²) >= 11 is 3.78. The first-order chi connectivity index (χ1) is 26.8. The minimum atomic E-state index is -0.503. The lowest BCUT2D eigenvalue weighted by atomic mass is 9.59. The summed E-state index contributed by atoms with van der Waals surface area (Å²) in [5, 5.41) is 7.82. The average Bonchev–Trinajstić information content (AvgIpc) is 3.58. The molecule has 9 aromatic carbocycles. The SMILES string of the molecule is c1ccc(N(c2ccc3c(c2)C2(c4ccccc4S3)c3ccccc3-c3cccc4cccc2c34)c2ccc3c(c2)sc2cc4ccccc4cc23)cc1. The molecule has 1 atom stereocenters. The molecular formula is C51H31NS2. The lowest BCUT2D eigenvalue weighted by molar-refractivity contribution is 0.707. The first kappa shape index (κ1) is 30.3. The van der Waals surface area contributed by atoms with E-state index in [1.165, 1.54) is 84.9 Å². The summed E-state index contributed by atoms with van der Waals surface area (Å²) in [4.78, 5) is 5.05. The Labute approximate surface area is 321 Å². The number of anilines is 3. The molecule has 2 heterocycles. The second-order valence-corrected chi connectivity index (χ2v) is 16.6. The van der Waals surface area contributed by atoms with Crippen LogP contribution < -0.4 is 4.90 Å². The third kappa shape index (κ3) is 4.17. The van der Waals surface area contributed by atoms with Crippen molar-refractivity contribution in [3.8, 4) is 11.1 Å². The van der Waals surface area contributed by atoms with Crippen LogP contribution in [0.3, 0.4) is 0 Å². The lowest BCUT2D eigenvalue weighted by Crippen LogP contribution is -2.36. The van der Waals surface area contributed by atoms with Crippen molar-refractivity contribution in [2.75, 3.05) is 4.90 Å². The topological polar surface area (TPSA) is 3.24 Å². The van der Waals surface area contributed by atoms with Crippen molar-refractivity contribution in [2.24, 2.45) is 0 Å². The van der Waals surface area contributed by atoms with Gasteiger partial charge in [0.2, 0.25) is 0 Å². The number of rotatable bonds is 3. The number of para-hydroxylation sites is 1. The number of hydrogen-bond acceptors (Lipinski definition) is 3. The highest BCUT2D eigenvalue weighted by molar-refractivity contribution is 7.99. The standard InChI is InChI=1S/C51H31NS2/c1-2-16-35(17-3-1)52(37-24-26-39-41-28-33-12-4-5-13-34(33)29-48(41)54-49(39)31-37)36-25-27-47-45(30-36)51(43-21-8-9-23-46(43)53-47)42-20-7-6-18-38(42)40-19-10-14-32-15-11-22-44(51)50(32)40/h1-31H. The number of benzene rings is 9. The predicted octanol–water partition coefficient (Wildman–Crippen LogP) is 14.7. The van der Waals surface area contributed by atoms with Crippen molar-refractivity contribution in [3.05, 3.63) is 210 Å². The van der Waals surface area contributed by atoms with Gasteiger partial charge < -0.3 is 4.90 Å². The Morgan fingerprint density at radius 2 is 1.00 bits per heavy atom. The van der Waals surface area contributed by atoms with E-state index in [2.05, 4.69) is 193 Å². The zero-order valence-corrected chi connectivity index (χ0v) is 30.8. The van der Waals surface area contributed by atoms with E-state index in [1.54, 1.807) is 0 Å². The van der Waals surface area contributed by atoms with Crippen molar-refractivity contribution in [1.82, 2.24) is 0 Å². The van der Waals surface area contributed by atoms with Crippen molar-refractivity contribution >= 4 is 81.9 Å². The monoisotopic (exact) mass is 721 g/mol. The first-order valence-electron chi connectivity index (χ1n) is 18.5. The zero-order valence-electron chi connectivity index (χ0n) is 29.2. The van der Waals surface area contributed by atoms with E-state index in [1.807, 2.05) is 23.1 Å². The predicted molar refractivity (Wildman–Crippen MR) is 230 cm³/mol. The lowest BCUT2D eigenvalue weighted by Gasteiger charge is -2.46. The fourth-order valence-corrected chi connectivity index (χ4v) is 11.8. The Morgan fingerprint density at radius 1 is 0.370 bits per heavy atom. The quantitative estimate of drug-likeness (QED) is 0.179. The van der Waals surface area contributed by atoms with Crippen LogP contribution in [0.1, 0.15) is 22.3 Å². The maximum atomic E-state index is 2.50. The summed E-state index contributed by atoms with van der Waals surface area (Å²) in [6.45, 7) is 0. The van der Waals surface area contributed by atoms with Crippen LogP contribution in [0.2, 0.25) is 0 Å². The van der Waals surface area contributed by atoms with Gasteiger partial charge in [-0.05, 0) is 116 Å². The van der Waals surface area contributed by atoms with E-state index >= 15 is 0 Å². The minimum Gasteiger partial charge on any atom is -0.310 e. The molecule has 1 unspecified atom stereocenters. The highest BCUT2D eigenvalue weighted by Crippen LogP contribution is 2.62. The van der Waals surface area contributed by atoms with Gasteiger partial charge >= 0.3 is 0 Å². The Bertz CT molecular complexity index is 3150. The Balaban J connectivity index is 1.13. The van der Waals surface area contributed by atoms with Gasteiger partial charge in [0, 0.05) is 47.0 Å². The van der Waals surface area contributed by atoms with Crippen LogP contribution >= 0.6 is 23.1 Å². The summed E-state index contributed by atoms with van der Waals surface area (Å²) in [6, 6.07) is 70.4. The number of thiophene rings is 1. The molecule has 1 spiro atoms. The van der Waals surface area contributed by atoms with Gasteiger partial charge in [0.15, 0.2) is 0 Å². The average molecular weight is 722 g/mol. The molecule has 1 nitrogen and oxygen atoms in total. The fraction of sp³-hybridized carbons (Fsp3) is 0.0196. The van der Waals surface area contributed by atoms with E-state index in [-0.39, 0.29) is 0 Å². The van der Waals surface area contributed by atoms with Gasteiger partial charge in [-0.25, -0.2) is 0 Å². The summed E-state index contributed by atoms with van der Waals surface area (Å²) in [7, 11) is 0. The second kappa shape index (κ2) is 11.4. The summed E-state index contributed by atoms with van der Waals surface area (Å²) in [5.41, 5.74) is 10.9. The fourth-order valence-electron chi connectivity index (χ4n) is 9.43. The summed E-state index contributed by atoms with van der Waals surface area (Å²) < 4.78 is 2.62. The molecule has 0 saturated carbocycles. The highest BCUT2D eigenvalue weighted by atomic mass is 32.2. The van der Waals surface area contributed by atoms with Gasteiger partial charge in [-0.1, -0.05) is 139 Å². The maximum absolute atomic E-state index is 2.50. The molecule has 1 aromatic heterocycles. The van der Waals surface area contributed by atoms with Gasteiger partial charge in [0.05, 0.1) is 5.41 Å². The van der Waals surface area contributed by atoms with Crippen LogP contribution in [0, 0.1) is 0 Å². The van der Waals surface area contributed by atoms with Gasteiger partial charge in [-0.15, -0.1) is 11.3 Å². The number of nitrogens with zero attached hydrogens (tertiary/aromatic N) is 1. The normalized spacial score (nSPS) is 15.4. The molecule has 252 valence electrons. The van der Waals surface area contributed by atoms with Crippen LogP contribution in [-0.4, -0.2) is 0 Å². The molecule has 3 heteroatoms. The van der Waals surface area contributed by atoms with Crippen molar-refractivity contribution in [2.45, 2.75) is 15.2 Å². The molecule has 0 saturated heterocycles. The van der Waals surface area contributed by atoms with Crippen LogP contribution in [0.5, 0.6) is 0 Å². The Kier molecular flexibility index (Phi) is 6.42. The van der Waals surface area contributed by atoms with Crippen LogP contribution in [0.25, 0.3) is 52.8 Å². The molecule has 0 bridgehead atoms. The second-order valence-electron chi connectivity index (χ2n) is 14.4. The van der Waals surface area contributed by atoms with E-state index < -0.39 is 5.41 Å². The summed E-state index contributed by atoms with van der Waals surface area (Å²) in [6.07, 6.45) is 0. The first-order valence-corrected chi connectivity index (χ1v) is 20.1. The van der Waals surface area contributed by atoms with Crippen molar-refractivity contribution in [1.29, 1.82) is 0 Å². The van der Waals surface area contributed by atoms with Crippen LogP contribution in [-0.2, 0) is 5.41 Å².